The summed E-state index contributed by atoms with van der Waals surface area (Å²) in [6, 6.07) is 12.7. The number of aryl methyl sites for hydroxylation is 1. The van der Waals surface area contributed by atoms with Gasteiger partial charge in [0.2, 0.25) is 0 Å². The first-order chi connectivity index (χ1) is 10.3. The fraction of sp³-hybridized carbons (Fsp3) is 0.267. The Morgan fingerprint density at radius 2 is 2.19 bits per heavy atom. The monoisotopic (exact) mass is 299 g/mol. The van der Waals surface area contributed by atoms with Gasteiger partial charge in [0, 0.05) is 10.6 Å². The molecule has 0 fully saturated rings. The Labute approximate surface area is 127 Å². The van der Waals surface area contributed by atoms with Crippen molar-refractivity contribution in [1.29, 1.82) is 0 Å². The number of nitrogens with one attached hydrogen (secondary N) is 1. The molecule has 21 heavy (non-hydrogen) atoms. The van der Waals surface area contributed by atoms with E-state index >= 15 is 0 Å². The van der Waals surface area contributed by atoms with Gasteiger partial charge in [-0.25, -0.2) is 0 Å². The highest BCUT2D eigenvalue weighted by Crippen LogP contribution is 2.27. The van der Waals surface area contributed by atoms with Crippen molar-refractivity contribution < 1.29 is 0 Å². The molecule has 1 atom stereocenters. The average Bonchev–Trinajstić information content (AvgIpc) is 3.16. The number of anilines is 1. The van der Waals surface area contributed by atoms with Gasteiger partial charge in [0.15, 0.2) is 5.82 Å². The highest BCUT2D eigenvalue weighted by atomic mass is 32.1. The van der Waals surface area contributed by atoms with E-state index in [4.69, 9.17) is 0 Å². The van der Waals surface area contributed by atoms with Crippen LogP contribution < -0.4 is 5.32 Å². The lowest BCUT2D eigenvalue weighted by molar-refractivity contribution is 0.760. The summed E-state index contributed by atoms with van der Waals surface area (Å²) >= 11 is 1.78. The van der Waals surface area contributed by atoms with Gasteiger partial charge in [-0.15, -0.1) is 16.4 Å². The zero-order valence-electron chi connectivity index (χ0n) is 12.0. The standard InChI is InChI=1S/C15H17N5S/c1-3-14(15-8-5-9-21-15)16-12-6-4-7-13(10-12)20-11(2)17-18-19-20/h4-10,14,16H,3H2,1-2H3. The lowest BCUT2D eigenvalue weighted by Gasteiger charge is -2.17. The summed E-state index contributed by atoms with van der Waals surface area (Å²) < 4.78 is 1.73. The van der Waals surface area contributed by atoms with Gasteiger partial charge in [-0.2, -0.15) is 4.68 Å². The number of rotatable bonds is 5. The summed E-state index contributed by atoms with van der Waals surface area (Å²) in [6.07, 6.45) is 1.04. The minimum atomic E-state index is 0.329. The van der Waals surface area contributed by atoms with Crippen LogP contribution in [0.4, 0.5) is 5.69 Å². The van der Waals surface area contributed by atoms with Crippen molar-refractivity contribution in [3.8, 4) is 5.69 Å². The fourth-order valence-electron chi connectivity index (χ4n) is 2.26. The molecule has 3 aromatic rings. The maximum absolute atomic E-state index is 4.01. The largest absolute Gasteiger partial charge is 0.377 e. The Bertz CT molecular complexity index is 704. The van der Waals surface area contributed by atoms with Crippen molar-refractivity contribution in [2.45, 2.75) is 26.3 Å². The maximum Gasteiger partial charge on any atom is 0.153 e. The Kier molecular flexibility index (Phi) is 3.96. The first-order valence-electron chi connectivity index (χ1n) is 6.93. The van der Waals surface area contributed by atoms with Gasteiger partial charge in [-0.05, 0) is 53.4 Å². The molecule has 5 nitrogen and oxygen atoms in total. The molecule has 0 aliphatic carbocycles. The summed E-state index contributed by atoms with van der Waals surface area (Å²) in [5.74, 6) is 0.775. The summed E-state index contributed by atoms with van der Waals surface area (Å²) in [7, 11) is 0. The Hall–Kier alpha value is -2.21. The van der Waals surface area contributed by atoms with E-state index in [-0.39, 0.29) is 0 Å². The van der Waals surface area contributed by atoms with Crippen LogP contribution in [-0.2, 0) is 0 Å². The third-order valence-corrected chi connectivity index (χ3v) is 4.34. The second kappa shape index (κ2) is 6.05. The van der Waals surface area contributed by atoms with E-state index in [1.807, 2.05) is 19.1 Å². The van der Waals surface area contributed by atoms with Crippen molar-refractivity contribution in [2.24, 2.45) is 0 Å². The third-order valence-electron chi connectivity index (χ3n) is 3.35. The number of nitrogens with zero attached hydrogens (tertiary/aromatic N) is 4. The van der Waals surface area contributed by atoms with Gasteiger partial charge in [-0.3, -0.25) is 0 Å². The molecule has 1 N–H and O–H groups in total. The van der Waals surface area contributed by atoms with E-state index < -0.39 is 0 Å². The van der Waals surface area contributed by atoms with Crippen molar-refractivity contribution in [3.63, 3.8) is 0 Å². The molecule has 108 valence electrons. The summed E-state index contributed by atoms with van der Waals surface area (Å²) in [6.45, 7) is 4.08. The number of tetrazole rings is 1. The van der Waals surface area contributed by atoms with E-state index in [0.29, 0.717) is 6.04 Å². The highest BCUT2D eigenvalue weighted by Gasteiger charge is 2.11. The molecule has 0 aliphatic heterocycles. The van der Waals surface area contributed by atoms with E-state index in [9.17, 15) is 0 Å². The molecule has 1 unspecified atom stereocenters. The van der Waals surface area contributed by atoms with Crippen LogP contribution in [-0.4, -0.2) is 20.2 Å². The molecule has 6 heteroatoms. The van der Waals surface area contributed by atoms with Gasteiger partial charge < -0.3 is 5.32 Å². The Balaban J connectivity index is 1.85. The quantitative estimate of drug-likeness (QED) is 0.782. The van der Waals surface area contributed by atoms with Crippen LogP contribution in [0.3, 0.4) is 0 Å². The molecule has 0 saturated carbocycles. The normalized spacial score (nSPS) is 12.3. The van der Waals surface area contributed by atoms with Crippen LogP contribution in [0.25, 0.3) is 5.69 Å². The molecular weight excluding hydrogens is 282 g/mol. The summed E-state index contributed by atoms with van der Waals surface area (Å²) in [5, 5.41) is 17.3. The van der Waals surface area contributed by atoms with E-state index in [2.05, 4.69) is 57.4 Å². The third kappa shape index (κ3) is 2.95. The molecule has 2 aromatic heterocycles. The SMILES string of the molecule is CCC(Nc1cccc(-n2nnnc2C)c1)c1cccs1. The molecular formula is C15H17N5S. The zero-order valence-corrected chi connectivity index (χ0v) is 12.8. The zero-order chi connectivity index (χ0) is 14.7. The van der Waals surface area contributed by atoms with E-state index in [1.54, 1.807) is 16.0 Å². The van der Waals surface area contributed by atoms with Crippen LogP contribution in [0.2, 0.25) is 0 Å². The van der Waals surface area contributed by atoms with Crippen molar-refractivity contribution in [1.82, 2.24) is 20.2 Å². The molecule has 1 aromatic carbocycles. The molecule has 3 rings (SSSR count). The van der Waals surface area contributed by atoms with Crippen LogP contribution in [0.15, 0.2) is 41.8 Å². The molecule has 0 bridgehead atoms. The second-order valence-electron chi connectivity index (χ2n) is 4.81. The highest BCUT2D eigenvalue weighted by molar-refractivity contribution is 7.10. The van der Waals surface area contributed by atoms with Crippen LogP contribution >= 0.6 is 11.3 Å². The van der Waals surface area contributed by atoms with Gasteiger partial charge in [-0.1, -0.05) is 19.1 Å². The van der Waals surface area contributed by atoms with Crippen molar-refractivity contribution >= 4 is 17.0 Å². The number of benzene rings is 1. The number of hydrogen-bond donors (Lipinski definition) is 1. The van der Waals surface area contributed by atoms with Gasteiger partial charge in [0.1, 0.15) is 0 Å². The molecule has 0 aliphatic rings. The Morgan fingerprint density at radius 3 is 2.86 bits per heavy atom. The van der Waals surface area contributed by atoms with Gasteiger partial charge >= 0.3 is 0 Å². The lowest BCUT2D eigenvalue weighted by Crippen LogP contribution is -2.08. The van der Waals surface area contributed by atoms with Gasteiger partial charge in [0.25, 0.3) is 0 Å². The molecule has 0 radical (unpaired) electrons. The lowest BCUT2D eigenvalue weighted by atomic mass is 10.1. The predicted octanol–water partition coefficient (Wildman–Crippen LogP) is 3.60. The first-order valence-corrected chi connectivity index (χ1v) is 7.81. The van der Waals surface area contributed by atoms with E-state index in [0.717, 1.165) is 23.6 Å². The fourth-order valence-corrected chi connectivity index (χ4v) is 3.12. The number of aromatic nitrogens is 4. The van der Waals surface area contributed by atoms with Gasteiger partial charge in [0.05, 0.1) is 11.7 Å². The summed E-state index contributed by atoms with van der Waals surface area (Å²) in [4.78, 5) is 1.35. The van der Waals surface area contributed by atoms with Crippen molar-refractivity contribution in [3.05, 3.63) is 52.5 Å². The number of thiophene rings is 1. The molecule has 2 heterocycles. The topological polar surface area (TPSA) is 55.6 Å². The van der Waals surface area contributed by atoms with E-state index in [1.165, 1.54) is 4.88 Å². The molecule has 0 spiro atoms. The van der Waals surface area contributed by atoms with Crippen LogP contribution in [0.1, 0.15) is 30.1 Å². The minimum Gasteiger partial charge on any atom is -0.377 e. The van der Waals surface area contributed by atoms with Crippen molar-refractivity contribution in [2.75, 3.05) is 5.32 Å². The number of hydrogen-bond acceptors (Lipinski definition) is 5. The molecule has 0 amide bonds. The average molecular weight is 299 g/mol. The summed E-state index contributed by atoms with van der Waals surface area (Å²) in [5.41, 5.74) is 2.03. The maximum atomic E-state index is 4.01. The minimum absolute atomic E-state index is 0.329. The predicted molar refractivity (Wildman–Crippen MR) is 84.9 cm³/mol. The smallest absolute Gasteiger partial charge is 0.153 e. The first kappa shape index (κ1) is 13.8. The van der Waals surface area contributed by atoms with Crippen LogP contribution in [0, 0.1) is 6.92 Å². The Morgan fingerprint density at radius 1 is 1.29 bits per heavy atom. The second-order valence-corrected chi connectivity index (χ2v) is 5.79. The van der Waals surface area contributed by atoms with Crippen LogP contribution in [0.5, 0.6) is 0 Å². The molecule has 0 saturated heterocycles.